The highest BCUT2D eigenvalue weighted by Crippen LogP contribution is 2.27. The number of para-hydroxylation sites is 1. The van der Waals surface area contributed by atoms with Crippen LogP contribution in [0.4, 0.5) is 0 Å². The van der Waals surface area contributed by atoms with E-state index in [0.29, 0.717) is 6.54 Å². The fourth-order valence-corrected chi connectivity index (χ4v) is 6.51. The Kier molecular flexibility index (Phi) is 11.6. The average Bonchev–Trinajstić information content (AvgIpc) is 3.22. The number of aryl methyl sites for hydroxylation is 1. The van der Waals surface area contributed by atoms with E-state index in [2.05, 4.69) is 33.9 Å². The molecular weight excluding hydrogens is 568 g/mol. The molecule has 0 amide bonds. The Labute approximate surface area is 255 Å². The van der Waals surface area contributed by atoms with Gasteiger partial charge in [0.25, 0.3) is 0 Å². The number of ether oxygens (including phenoxy) is 1. The number of hydrogen-bond donors (Lipinski definition) is 2. The molecule has 0 aliphatic heterocycles. The lowest BCUT2D eigenvalue weighted by atomic mass is 9.98. The van der Waals surface area contributed by atoms with Gasteiger partial charge in [-0.3, -0.25) is 4.90 Å². The maximum Gasteiger partial charge on any atom is 0.240 e. The third-order valence-corrected chi connectivity index (χ3v) is 9.02. The van der Waals surface area contributed by atoms with Crippen LogP contribution in [0, 0.1) is 0 Å². The predicted octanol–water partition coefficient (Wildman–Crippen LogP) is 5.78. The average molecular weight is 607 g/mol. The van der Waals surface area contributed by atoms with Gasteiger partial charge >= 0.3 is 0 Å². The number of rotatable bonds is 12. The summed E-state index contributed by atoms with van der Waals surface area (Å²) in [5, 5.41) is 11.0. The molecule has 0 spiro atoms. The van der Waals surface area contributed by atoms with E-state index in [0.717, 1.165) is 43.5 Å². The van der Waals surface area contributed by atoms with Crippen LogP contribution in [0.2, 0.25) is 0 Å². The molecule has 5 rings (SSSR count). The predicted molar refractivity (Wildman–Crippen MR) is 169 cm³/mol. The third kappa shape index (κ3) is 8.90. The summed E-state index contributed by atoms with van der Waals surface area (Å²) in [5.74, 6) is 0.750. The van der Waals surface area contributed by atoms with E-state index in [1.165, 1.54) is 16.7 Å². The molecule has 0 saturated carbocycles. The number of hydrogen-bond acceptors (Lipinski definition) is 5. The molecule has 0 bridgehead atoms. The van der Waals surface area contributed by atoms with Crippen LogP contribution in [-0.2, 0) is 36.0 Å². The Morgan fingerprint density at radius 1 is 0.857 bits per heavy atom. The SMILES string of the molecule is Cl.O=S(=O)(NCc1ccc2c(c1)CC(N(Cc1ccccc1)C[C@H](O)COc1ccccc1)CCC2)c1ccccc1. The van der Waals surface area contributed by atoms with E-state index in [1.807, 2.05) is 54.6 Å². The maximum atomic E-state index is 12.8. The highest BCUT2D eigenvalue weighted by atomic mass is 35.5. The van der Waals surface area contributed by atoms with Crippen molar-refractivity contribution < 1.29 is 18.3 Å². The first kappa shape index (κ1) is 31.7. The Morgan fingerprint density at radius 2 is 1.52 bits per heavy atom. The minimum atomic E-state index is -3.58. The van der Waals surface area contributed by atoms with Crippen LogP contribution in [0.3, 0.4) is 0 Å². The number of sulfonamides is 1. The smallest absolute Gasteiger partial charge is 0.240 e. The molecule has 0 aromatic heterocycles. The molecule has 42 heavy (non-hydrogen) atoms. The zero-order chi connectivity index (χ0) is 28.5. The first-order chi connectivity index (χ1) is 20.0. The minimum Gasteiger partial charge on any atom is -0.491 e. The van der Waals surface area contributed by atoms with Crippen molar-refractivity contribution >= 4 is 22.4 Å². The van der Waals surface area contributed by atoms with Crippen molar-refractivity contribution in [1.82, 2.24) is 9.62 Å². The number of aliphatic hydroxyl groups excluding tert-OH is 1. The summed E-state index contributed by atoms with van der Waals surface area (Å²) >= 11 is 0. The van der Waals surface area contributed by atoms with Crippen molar-refractivity contribution in [2.24, 2.45) is 0 Å². The summed E-state index contributed by atoms with van der Waals surface area (Å²) < 4.78 is 34.1. The highest BCUT2D eigenvalue weighted by Gasteiger charge is 2.25. The van der Waals surface area contributed by atoms with Gasteiger partial charge < -0.3 is 9.84 Å². The molecule has 2 N–H and O–H groups in total. The Bertz CT molecular complexity index is 1490. The molecule has 2 atom stereocenters. The first-order valence-electron chi connectivity index (χ1n) is 14.3. The number of nitrogens with zero attached hydrogens (tertiary/aromatic N) is 1. The van der Waals surface area contributed by atoms with E-state index in [1.54, 1.807) is 30.3 Å². The number of aliphatic hydroxyl groups is 1. The zero-order valence-corrected chi connectivity index (χ0v) is 25.3. The lowest BCUT2D eigenvalue weighted by molar-refractivity contribution is 0.0463. The van der Waals surface area contributed by atoms with Gasteiger partial charge in [0.05, 0.1) is 4.90 Å². The summed E-state index contributed by atoms with van der Waals surface area (Å²) in [6.45, 7) is 1.70. The molecule has 4 aromatic rings. The largest absolute Gasteiger partial charge is 0.491 e. The molecule has 0 radical (unpaired) electrons. The van der Waals surface area contributed by atoms with Crippen LogP contribution < -0.4 is 9.46 Å². The number of fused-ring (bicyclic) bond motifs is 1. The van der Waals surface area contributed by atoms with Crippen LogP contribution in [-0.4, -0.2) is 43.7 Å². The molecule has 4 aromatic carbocycles. The molecule has 222 valence electrons. The second kappa shape index (κ2) is 15.3. The zero-order valence-electron chi connectivity index (χ0n) is 23.6. The summed E-state index contributed by atoms with van der Waals surface area (Å²) in [5.41, 5.74) is 4.71. The van der Waals surface area contributed by atoms with Crippen LogP contribution in [0.5, 0.6) is 5.75 Å². The van der Waals surface area contributed by atoms with Crippen molar-refractivity contribution in [3.8, 4) is 5.75 Å². The standard InChI is InChI=1S/C34H38N2O4S.ClH/c37-32(26-40-33-15-6-2-7-16-33)25-36(24-27-11-4-1-5-12-27)31-14-10-13-29-20-19-28(21-30(29)22-31)23-35-41(38,39)34-17-8-3-9-18-34;/h1-9,11-12,15-21,31-32,35,37H,10,13-14,22-26H2;1H/t31?,32-;/m0./s1. The molecule has 1 unspecified atom stereocenters. The summed E-state index contributed by atoms with van der Waals surface area (Å²) in [6.07, 6.45) is 3.26. The van der Waals surface area contributed by atoms with E-state index >= 15 is 0 Å². The molecule has 0 saturated heterocycles. The van der Waals surface area contributed by atoms with Crippen LogP contribution in [0.25, 0.3) is 0 Å². The van der Waals surface area contributed by atoms with Gasteiger partial charge in [-0.2, -0.15) is 0 Å². The molecule has 6 nitrogen and oxygen atoms in total. The van der Waals surface area contributed by atoms with Gasteiger partial charge in [-0.1, -0.05) is 84.9 Å². The third-order valence-electron chi connectivity index (χ3n) is 7.61. The molecule has 1 aliphatic rings. The van der Waals surface area contributed by atoms with Crippen molar-refractivity contribution in [3.63, 3.8) is 0 Å². The van der Waals surface area contributed by atoms with E-state index in [9.17, 15) is 13.5 Å². The van der Waals surface area contributed by atoms with Gasteiger partial charge in [0.2, 0.25) is 10.0 Å². The van der Waals surface area contributed by atoms with Gasteiger partial charge in [-0.15, -0.1) is 12.4 Å². The van der Waals surface area contributed by atoms with Gasteiger partial charge in [-0.05, 0) is 72.2 Å². The second-order valence-electron chi connectivity index (χ2n) is 10.7. The first-order valence-corrected chi connectivity index (χ1v) is 15.7. The monoisotopic (exact) mass is 606 g/mol. The number of halogens is 1. The van der Waals surface area contributed by atoms with E-state index in [-0.39, 0.29) is 36.5 Å². The normalized spacial score (nSPS) is 15.7. The molecular formula is C34H39ClN2O4S. The summed E-state index contributed by atoms with van der Waals surface area (Å²) in [7, 11) is -3.58. The van der Waals surface area contributed by atoms with E-state index < -0.39 is 16.1 Å². The van der Waals surface area contributed by atoms with Crippen molar-refractivity contribution in [2.45, 2.75) is 55.8 Å². The molecule has 8 heteroatoms. The Hall–Kier alpha value is -3.20. The summed E-state index contributed by atoms with van der Waals surface area (Å²) in [6, 6.07) is 35.0. The summed E-state index contributed by atoms with van der Waals surface area (Å²) in [4.78, 5) is 2.65. The maximum absolute atomic E-state index is 12.8. The Morgan fingerprint density at radius 3 is 2.24 bits per heavy atom. The topological polar surface area (TPSA) is 78.9 Å². The molecule has 1 aliphatic carbocycles. The van der Waals surface area contributed by atoms with Crippen LogP contribution in [0.1, 0.15) is 35.1 Å². The Balaban J connectivity index is 0.00000405. The van der Waals surface area contributed by atoms with Gasteiger partial charge in [0.15, 0.2) is 0 Å². The van der Waals surface area contributed by atoms with Crippen molar-refractivity contribution in [2.75, 3.05) is 13.2 Å². The fourth-order valence-electron chi connectivity index (χ4n) is 5.47. The van der Waals surface area contributed by atoms with Crippen molar-refractivity contribution in [3.05, 3.63) is 131 Å². The van der Waals surface area contributed by atoms with Crippen LogP contribution >= 0.6 is 12.4 Å². The number of benzene rings is 4. The van der Waals surface area contributed by atoms with Gasteiger partial charge in [0.1, 0.15) is 18.5 Å². The molecule has 0 fully saturated rings. The quantitative estimate of drug-likeness (QED) is 0.200. The minimum absolute atomic E-state index is 0. The fraction of sp³-hybridized carbons (Fsp3) is 0.294. The molecule has 0 heterocycles. The van der Waals surface area contributed by atoms with Crippen molar-refractivity contribution in [1.29, 1.82) is 0 Å². The number of nitrogens with one attached hydrogen (secondary N) is 1. The van der Waals surface area contributed by atoms with Crippen LogP contribution in [0.15, 0.2) is 114 Å². The van der Waals surface area contributed by atoms with Gasteiger partial charge in [0, 0.05) is 25.7 Å². The van der Waals surface area contributed by atoms with E-state index in [4.69, 9.17) is 4.74 Å². The van der Waals surface area contributed by atoms with Gasteiger partial charge in [-0.25, -0.2) is 13.1 Å². The highest BCUT2D eigenvalue weighted by molar-refractivity contribution is 7.89. The lowest BCUT2D eigenvalue weighted by Gasteiger charge is -2.33. The lowest BCUT2D eigenvalue weighted by Crippen LogP contribution is -2.42. The second-order valence-corrected chi connectivity index (χ2v) is 12.5.